The van der Waals surface area contributed by atoms with E-state index >= 15 is 0 Å². The molecule has 2 aromatic carbocycles. The van der Waals surface area contributed by atoms with Gasteiger partial charge in [-0.25, -0.2) is 8.42 Å². The summed E-state index contributed by atoms with van der Waals surface area (Å²) in [7, 11) is -3.08. The van der Waals surface area contributed by atoms with E-state index < -0.39 is 9.84 Å². The van der Waals surface area contributed by atoms with Crippen LogP contribution in [0.1, 0.15) is 17.5 Å². The molecule has 1 amide bonds. The Morgan fingerprint density at radius 1 is 1.15 bits per heavy atom. The van der Waals surface area contributed by atoms with E-state index in [1.165, 1.54) is 0 Å². The SMILES string of the molecule is Cc1ccc(C)c(NCC(=O)N(c2ccccc2)[C@@H]2CCS(=O)(=O)C2)c1. The third-order valence-corrected chi connectivity index (χ3v) is 6.45. The summed E-state index contributed by atoms with van der Waals surface area (Å²) in [5.41, 5.74) is 3.85. The molecule has 1 aliphatic heterocycles. The topological polar surface area (TPSA) is 66.5 Å². The van der Waals surface area contributed by atoms with Gasteiger partial charge >= 0.3 is 0 Å². The van der Waals surface area contributed by atoms with Crippen molar-refractivity contribution in [2.45, 2.75) is 26.3 Å². The minimum absolute atomic E-state index is 0.0249. The lowest BCUT2D eigenvalue weighted by molar-refractivity contribution is -0.117. The van der Waals surface area contributed by atoms with E-state index in [9.17, 15) is 13.2 Å². The number of carbonyl (C=O) groups excluding carboxylic acids is 1. The van der Waals surface area contributed by atoms with E-state index in [2.05, 4.69) is 5.32 Å². The fourth-order valence-electron chi connectivity index (χ4n) is 3.31. The van der Waals surface area contributed by atoms with E-state index in [4.69, 9.17) is 0 Å². The molecule has 1 aliphatic rings. The van der Waals surface area contributed by atoms with Crippen LogP contribution in [0.2, 0.25) is 0 Å². The van der Waals surface area contributed by atoms with Crippen molar-refractivity contribution in [2.24, 2.45) is 0 Å². The molecule has 26 heavy (non-hydrogen) atoms. The van der Waals surface area contributed by atoms with E-state index in [0.29, 0.717) is 6.42 Å². The molecule has 1 saturated heterocycles. The van der Waals surface area contributed by atoms with Gasteiger partial charge in [-0.2, -0.15) is 0 Å². The number of carbonyl (C=O) groups is 1. The zero-order valence-electron chi connectivity index (χ0n) is 15.1. The number of para-hydroxylation sites is 1. The Bertz CT molecular complexity index is 895. The first-order chi connectivity index (χ1) is 12.4. The van der Waals surface area contributed by atoms with Crippen LogP contribution in [-0.2, 0) is 14.6 Å². The van der Waals surface area contributed by atoms with Crippen molar-refractivity contribution < 1.29 is 13.2 Å². The molecule has 1 heterocycles. The number of amides is 1. The van der Waals surface area contributed by atoms with Gasteiger partial charge in [0.05, 0.1) is 24.1 Å². The molecule has 0 bridgehead atoms. The van der Waals surface area contributed by atoms with Gasteiger partial charge in [-0.15, -0.1) is 0 Å². The molecule has 0 aliphatic carbocycles. The van der Waals surface area contributed by atoms with Crippen LogP contribution in [0.25, 0.3) is 0 Å². The highest BCUT2D eigenvalue weighted by molar-refractivity contribution is 7.91. The Labute approximate surface area is 154 Å². The number of nitrogens with one attached hydrogen (secondary N) is 1. The summed E-state index contributed by atoms with van der Waals surface area (Å²) in [5, 5.41) is 3.21. The molecule has 1 fully saturated rings. The van der Waals surface area contributed by atoms with Gasteiger partial charge in [-0.1, -0.05) is 30.3 Å². The van der Waals surface area contributed by atoms with Gasteiger partial charge in [0.2, 0.25) is 5.91 Å². The normalized spacial score (nSPS) is 18.5. The molecular formula is C20H24N2O3S. The maximum Gasteiger partial charge on any atom is 0.246 e. The highest BCUT2D eigenvalue weighted by Crippen LogP contribution is 2.25. The molecule has 0 spiro atoms. The summed E-state index contributed by atoms with van der Waals surface area (Å²) in [4.78, 5) is 14.6. The summed E-state index contributed by atoms with van der Waals surface area (Å²) >= 11 is 0. The number of aryl methyl sites for hydroxylation is 2. The summed E-state index contributed by atoms with van der Waals surface area (Å²) < 4.78 is 23.8. The molecule has 138 valence electrons. The lowest BCUT2D eigenvalue weighted by Gasteiger charge is -2.29. The summed E-state index contributed by atoms with van der Waals surface area (Å²) in [6.07, 6.45) is 0.479. The molecule has 0 saturated carbocycles. The Morgan fingerprint density at radius 2 is 1.88 bits per heavy atom. The molecule has 1 N–H and O–H groups in total. The van der Waals surface area contributed by atoms with Crippen LogP contribution in [0.3, 0.4) is 0 Å². The lowest BCUT2D eigenvalue weighted by atomic mass is 10.1. The molecule has 5 nitrogen and oxygen atoms in total. The van der Waals surface area contributed by atoms with Crippen LogP contribution in [-0.4, -0.2) is 38.4 Å². The maximum absolute atomic E-state index is 13.0. The Morgan fingerprint density at radius 3 is 2.54 bits per heavy atom. The zero-order chi connectivity index (χ0) is 18.7. The average Bonchev–Trinajstić information content (AvgIpc) is 2.96. The summed E-state index contributed by atoms with van der Waals surface area (Å²) in [6.45, 7) is 4.12. The van der Waals surface area contributed by atoms with Gasteiger partial charge in [0.1, 0.15) is 0 Å². The number of anilines is 2. The van der Waals surface area contributed by atoms with Crippen molar-refractivity contribution in [1.82, 2.24) is 0 Å². The van der Waals surface area contributed by atoms with Crippen LogP contribution >= 0.6 is 0 Å². The predicted molar refractivity (Wildman–Crippen MR) is 105 cm³/mol. The number of benzene rings is 2. The van der Waals surface area contributed by atoms with Gasteiger partial charge in [0, 0.05) is 11.4 Å². The van der Waals surface area contributed by atoms with E-state index in [1.807, 2.05) is 62.4 Å². The summed E-state index contributed by atoms with van der Waals surface area (Å²) in [6, 6.07) is 15.0. The Kier molecular flexibility index (Phi) is 5.32. The number of nitrogens with zero attached hydrogens (tertiary/aromatic N) is 1. The fourth-order valence-corrected chi connectivity index (χ4v) is 5.01. The third kappa shape index (κ3) is 4.25. The van der Waals surface area contributed by atoms with E-state index in [0.717, 1.165) is 22.5 Å². The first kappa shape index (κ1) is 18.5. The standard InChI is InChI=1S/C20H24N2O3S/c1-15-8-9-16(2)19(12-15)21-13-20(23)22(17-6-4-3-5-7-17)18-10-11-26(24,25)14-18/h3-9,12,18,21H,10-11,13-14H2,1-2H3/t18-/m1/s1. The van der Waals surface area contributed by atoms with Crippen molar-refractivity contribution in [3.05, 3.63) is 59.7 Å². The van der Waals surface area contributed by atoms with Crippen LogP contribution < -0.4 is 10.2 Å². The maximum atomic E-state index is 13.0. The number of hydrogen-bond donors (Lipinski definition) is 1. The second-order valence-corrected chi connectivity index (χ2v) is 9.06. The average molecular weight is 372 g/mol. The monoisotopic (exact) mass is 372 g/mol. The van der Waals surface area contributed by atoms with Gasteiger partial charge in [0.15, 0.2) is 9.84 Å². The highest BCUT2D eigenvalue weighted by Gasteiger charge is 2.35. The molecule has 0 aromatic heterocycles. The molecule has 2 aromatic rings. The Hall–Kier alpha value is -2.34. The van der Waals surface area contributed by atoms with E-state index in [-0.39, 0.29) is 30.0 Å². The first-order valence-corrected chi connectivity index (χ1v) is 10.6. The van der Waals surface area contributed by atoms with E-state index in [1.54, 1.807) is 4.90 Å². The van der Waals surface area contributed by atoms with Crippen molar-refractivity contribution in [3.8, 4) is 0 Å². The Balaban J connectivity index is 1.80. The van der Waals surface area contributed by atoms with Crippen molar-refractivity contribution in [3.63, 3.8) is 0 Å². The van der Waals surface area contributed by atoms with Crippen molar-refractivity contribution >= 4 is 27.1 Å². The quantitative estimate of drug-likeness (QED) is 0.876. The van der Waals surface area contributed by atoms with Crippen molar-refractivity contribution in [1.29, 1.82) is 0 Å². The van der Waals surface area contributed by atoms with Gasteiger partial charge in [0.25, 0.3) is 0 Å². The summed E-state index contributed by atoms with van der Waals surface area (Å²) in [5.74, 6) is 0.0368. The minimum Gasteiger partial charge on any atom is -0.376 e. The largest absolute Gasteiger partial charge is 0.376 e. The van der Waals surface area contributed by atoms with Gasteiger partial charge < -0.3 is 10.2 Å². The van der Waals surface area contributed by atoms with Crippen LogP contribution in [0, 0.1) is 13.8 Å². The second kappa shape index (κ2) is 7.50. The molecular weight excluding hydrogens is 348 g/mol. The van der Waals surface area contributed by atoms with Crippen LogP contribution in [0.15, 0.2) is 48.5 Å². The molecule has 6 heteroatoms. The molecule has 1 atom stereocenters. The number of hydrogen-bond acceptors (Lipinski definition) is 4. The molecule has 3 rings (SSSR count). The molecule has 0 unspecified atom stereocenters. The molecule has 0 radical (unpaired) electrons. The van der Waals surface area contributed by atoms with Gasteiger partial charge in [-0.05, 0) is 49.6 Å². The third-order valence-electron chi connectivity index (χ3n) is 4.70. The number of rotatable bonds is 5. The highest BCUT2D eigenvalue weighted by atomic mass is 32.2. The van der Waals surface area contributed by atoms with Crippen LogP contribution in [0.4, 0.5) is 11.4 Å². The van der Waals surface area contributed by atoms with Gasteiger partial charge in [-0.3, -0.25) is 4.79 Å². The fraction of sp³-hybridized carbons (Fsp3) is 0.350. The second-order valence-electron chi connectivity index (χ2n) is 6.83. The zero-order valence-corrected chi connectivity index (χ0v) is 15.9. The minimum atomic E-state index is -3.08. The smallest absolute Gasteiger partial charge is 0.246 e. The van der Waals surface area contributed by atoms with Crippen LogP contribution in [0.5, 0.6) is 0 Å². The lowest BCUT2D eigenvalue weighted by Crippen LogP contribution is -2.44. The first-order valence-electron chi connectivity index (χ1n) is 8.74. The predicted octanol–water partition coefficient (Wildman–Crippen LogP) is 2.94. The number of sulfone groups is 1. The van der Waals surface area contributed by atoms with Crippen molar-refractivity contribution in [2.75, 3.05) is 28.3 Å².